The molecule has 2 aromatic rings. The number of thioether (sulfide) groups is 1. The van der Waals surface area contributed by atoms with Gasteiger partial charge in [0.05, 0.1) is 18.5 Å². The van der Waals surface area contributed by atoms with Gasteiger partial charge in [-0.1, -0.05) is 62.9 Å². The summed E-state index contributed by atoms with van der Waals surface area (Å²) < 4.78 is 7.53. The zero-order chi connectivity index (χ0) is 21.0. The third-order valence-corrected chi connectivity index (χ3v) is 5.91. The second-order valence-electron chi connectivity index (χ2n) is 8.34. The Morgan fingerprint density at radius 3 is 2.66 bits per heavy atom. The molecule has 3 rings (SSSR count). The van der Waals surface area contributed by atoms with Crippen LogP contribution in [-0.4, -0.2) is 57.1 Å². The summed E-state index contributed by atoms with van der Waals surface area (Å²) in [6.45, 7) is 14.9. The Hall–Kier alpha value is -2.12. The van der Waals surface area contributed by atoms with E-state index in [1.807, 2.05) is 22.5 Å². The number of rotatable bonds is 6. The minimum Gasteiger partial charge on any atom is -0.375 e. The van der Waals surface area contributed by atoms with Gasteiger partial charge in [-0.25, -0.2) is 0 Å². The lowest BCUT2D eigenvalue weighted by Crippen LogP contribution is -2.45. The number of carbonyl (C=O) groups is 1. The zero-order valence-corrected chi connectivity index (χ0v) is 18.5. The molecule has 0 N–H and O–H groups in total. The zero-order valence-electron chi connectivity index (χ0n) is 17.7. The molecular weight excluding hydrogens is 384 g/mol. The molecule has 29 heavy (non-hydrogen) atoms. The van der Waals surface area contributed by atoms with Crippen LogP contribution in [0, 0.1) is 0 Å². The Kier molecular flexibility index (Phi) is 6.80. The molecule has 1 aromatic carbocycles. The van der Waals surface area contributed by atoms with Gasteiger partial charge in [-0.3, -0.25) is 9.36 Å². The minimum atomic E-state index is 0.0878. The standard InChI is InChI=1S/C22H30N4O2S/c1-6-11-26-20(17-7-9-18(10-8-17)22(3,4)5)23-24-21(26)29-15-19(27)25-12-13-28-16(2)14-25/h6-10,16H,1,11-15H2,2-5H3/t16-/m0/s1. The molecule has 0 aliphatic carbocycles. The number of amides is 1. The van der Waals surface area contributed by atoms with Crippen LogP contribution in [0.15, 0.2) is 42.1 Å². The lowest BCUT2D eigenvalue weighted by Gasteiger charge is -2.31. The van der Waals surface area contributed by atoms with E-state index >= 15 is 0 Å². The van der Waals surface area contributed by atoms with Crippen LogP contribution in [-0.2, 0) is 21.5 Å². The van der Waals surface area contributed by atoms with E-state index in [0.717, 1.165) is 16.5 Å². The van der Waals surface area contributed by atoms with Crippen molar-refractivity contribution in [2.24, 2.45) is 0 Å². The fourth-order valence-electron chi connectivity index (χ4n) is 3.28. The molecule has 7 heteroatoms. The first kappa shape index (κ1) is 21.6. The lowest BCUT2D eigenvalue weighted by atomic mass is 9.87. The molecule has 0 unspecified atom stereocenters. The van der Waals surface area contributed by atoms with Crippen molar-refractivity contribution in [3.63, 3.8) is 0 Å². The molecule has 1 fully saturated rings. The number of hydrogen-bond donors (Lipinski definition) is 0. The van der Waals surface area contributed by atoms with E-state index in [1.54, 1.807) is 0 Å². The maximum atomic E-state index is 12.6. The van der Waals surface area contributed by atoms with Gasteiger partial charge in [0.25, 0.3) is 0 Å². The summed E-state index contributed by atoms with van der Waals surface area (Å²) in [6, 6.07) is 8.44. The molecule has 0 bridgehead atoms. The molecule has 1 amide bonds. The first-order valence-corrected chi connectivity index (χ1v) is 11.0. The Balaban J connectivity index is 1.74. The van der Waals surface area contributed by atoms with Crippen LogP contribution in [0.3, 0.4) is 0 Å². The molecule has 0 saturated carbocycles. The quantitative estimate of drug-likeness (QED) is 0.532. The minimum absolute atomic E-state index is 0.0878. The summed E-state index contributed by atoms with van der Waals surface area (Å²) in [5.74, 6) is 1.24. The van der Waals surface area contributed by atoms with E-state index in [-0.39, 0.29) is 17.4 Å². The summed E-state index contributed by atoms with van der Waals surface area (Å²) in [7, 11) is 0. The van der Waals surface area contributed by atoms with E-state index < -0.39 is 0 Å². The van der Waals surface area contributed by atoms with Crippen molar-refractivity contribution in [3.8, 4) is 11.4 Å². The van der Waals surface area contributed by atoms with Gasteiger partial charge in [0.2, 0.25) is 5.91 Å². The smallest absolute Gasteiger partial charge is 0.233 e. The average molecular weight is 415 g/mol. The molecule has 1 atom stereocenters. The summed E-state index contributed by atoms with van der Waals surface area (Å²) >= 11 is 1.42. The van der Waals surface area contributed by atoms with Crippen LogP contribution in [0.25, 0.3) is 11.4 Å². The summed E-state index contributed by atoms with van der Waals surface area (Å²) in [5.41, 5.74) is 2.38. The fraction of sp³-hybridized carbons (Fsp3) is 0.500. The van der Waals surface area contributed by atoms with Crippen LogP contribution in [0.5, 0.6) is 0 Å². The highest BCUT2D eigenvalue weighted by Gasteiger charge is 2.23. The monoisotopic (exact) mass is 414 g/mol. The first-order valence-electron chi connectivity index (χ1n) is 9.97. The summed E-state index contributed by atoms with van der Waals surface area (Å²) in [5, 5.41) is 9.48. The number of benzene rings is 1. The Morgan fingerprint density at radius 1 is 1.31 bits per heavy atom. The Labute approximate surface area is 177 Å². The van der Waals surface area contributed by atoms with Gasteiger partial charge in [-0.15, -0.1) is 16.8 Å². The first-order chi connectivity index (χ1) is 13.8. The van der Waals surface area contributed by atoms with Crippen molar-refractivity contribution in [1.82, 2.24) is 19.7 Å². The number of allylic oxidation sites excluding steroid dienone is 1. The van der Waals surface area contributed by atoms with Gasteiger partial charge in [0.15, 0.2) is 11.0 Å². The predicted molar refractivity (Wildman–Crippen MR) is 117 cm³/mol. The van der Waals surface area contributed by atoms with Crippen molar-refractivity contribution >= 4 is 17.7 Å². The van der Waals surface area contributed by atoms with Gasteiger partial charge < -0.3 is 9.64 Å². The van der Waals surface area contributed by atoms with Crippen LogP contribution in [0.4, 0.5) is 0 Å². The SMILES string of the molecule is C=CCn1c(SCC(=O)N2CCO[C@@H](C)C2)nnc1-c1ccc(C(C)(C)C)cc1. The van der Waals surface area contributed by atoms with Gasteiger partial charge in [0, 0.05) is 25.2 Å². The topological polar surface area (TPSA) is 60.2 Å². The lowest BCUT2D eigenvalue weighted by molar-refractivity contribution is -0.135. The third kappa shape index (κ3) is 5.28. The Bertz CT molecular complexity index is 855. The number of aromatic nitrogens is 3. The van der Waals surface area contributed by atoms with Crippen molar-refractivity contribution in [2.75, 3.05) is 25.4 Å². The van der Waals surface area contributed by atoms with Crippen LogP contribution in [0.1, 0.15) is 33.3 Å². The normalized spacial score (nSPS) is 17.4. The van der Waals surface area contributed by atoms with Crippen molar-refractivity contribution in [3.05, 3.63) is 42.5 Å². The molecule has 0 spiro atoms. The number of morpholine rings is 1. The second kappa shape index (κ2) is 9.13. The fourth-order valence-corrected chi connectivity index (χ4v) is 4.14. The summed E-state index contributed by atoms with van der Waals surface area (Å²) in [4.78, 5) is 14.4. The highest BCUT2D eigenvalue weighted by atomic mass is 32.2. The van der Waals surface area contributed by atoms with Gasteiger partial charge in [-0.05, 0) is 17.9 Å². The van der Waals surface area contributed by atoms with E-state index in [4.69, 9.17) is 4.74 Å². The van der Waals surface area contributed by atoms with E-state index in [1.165, 1.54) is 17.3 Å². The van der Waals surface area contributed by atoms with Crippen molar-refractivity contribution in [2.45, 2.75) is 50.9 Å². The Morgan fingerprint density at radius 2 is 2.03 bits per heavy atom. The maximum absolute atomic E-state index is 12.6. The third-order valence-electron chi connectivity index (χ3n) is 4.96. The van der Waals surface area contributed by atoms with Gasteiger partial charge in [-0.2, -0.15) is 0 Å². The molecule has 0 radical (unpaired) electrons. The van der Waals surface area contributed by atoms with Crippen LogP contribution >= 0.6 is 11.8 Å². The molecule has 1 aliphatic rings. The molecular formula is C22H30N4O2S. The molecule has 1 saturated heterocycles. The number of hydrogen-bond acceptors (Lipinski definition) is 5. The van der Waals surface area contributed by atoms with Crippen LogP contribution in [0.2, 0.25) is 0 Å². The maximum Gasteiger partial charge on any atom is 0.233 e. The number of nitrogens with zero attached hydrogens (tertiary/aromatic N) is 4. The highest BCUT2D eigenvalue weighted by Crippen LogP contribution is 2.28. The van der Waals surface area contributed by atoms with Gasteiger partial charge in [0.1, 0.15) is 0 Å². The molecule has 6 nitrogen and oxygen atoms in total. The van der Waals surface area contributed by atoms with E-state index in [9.17, 15) is 4.79 Å². The predicted octanol–water partition coefficient (Wildman–Crippen LogP) is 3.77. The molecule has 2 heterocycles. The van der Waals surface area contributed by atoms with Crippen molar-refractivity contribution in [1.29, 1.82) is 0 Å². The van der Waals surface area contributed by atoms with E-state index in [2.05, 4.69) is 61.8 Å². The van der Waals surface area contributed by atoms with Crippen LogP contribution < -0.4 is 0 Å². The largest absolute Gasteiger partial charge is 0.375 e. The van der Waals surface area contributed by atoms with Gasteiger partial charge >= 0.3 is 0 Å². The number of carbonyl (C=O) groups excluding carboxylic acids is 1. The van der Waals surface area contributed by atoms with E-state index in [0.29, 0.717) is 32.0 Å². The second-order valence-corrected chi connectivity index (χ2v) is 9.29. The molecule has 1 aromatic heterocycles. The number of ether oxygens (including phenoxy) is 1. The van der Waals surface area contributed by atoms with Crippen molar-refractivity contribution < 1.29 is 9.53 Å². The average Bonchev–Trinajstić information content (AvgIpc) is 3.08. The molecule has 156 valence electrons. The summed E-state index contributed by atoms with van der Waals surface area (Å²) in [6.07, 6.45) is 1.91. The highest BCUT2D eigenvalue weighted by molar-refractivity contribution is 7.99. The molecule has 1 aliphatic heterocycles.